The Bertz CT molecular complexity index is 537. The van der Waals surface area contributed by atoms with Crippen molar-refractivity contribution in [2.45, 2.75) is 45.4 Å². The lowest BCUT2D eigenvalue weighted by Crippen LogP contribution is -2.40. The molecular formula is C15H18FNO2. The third-order valence-electron chi connectivity index (χ3n) is 3.71. The first-order valence-corrected chi connectivity index (χ1v) is 6.54. The molecule has 1 N–H and O–H groups in total. The van der Waals surface area contributed by atoms with Crippen LogP contribution in [0, 0.1) is 12.7 Å². The van der Waals surface area contributed by atoms with Gasteiger partial charge in [0.2, 0.25) is 11.8 Å². The summed E-state index contributed by atoms with van der Waals surface area (Å²) in [4.78, 5) is 23.1. The second-order valence-electron chi connectivity index (χ2n) is 5.33. The number of benzene rings is 1. The molecule has 0 spiro atoms. The monoisotopic (exact) mass is 263 g/mol. The van der Waals surface area contributed by atoms with Crippen molar-refractivity contribution in [3.8, 4) is 0 Å². The van der Waals surface area contributed by atoms with Crippen LogP contribution in [0.15, 0.2) is 12.1 Å². The van der Waals surface area contributed by atoms with Crippen molar-refractivity contribution in [1.82, 2.24) is 5.32 Å². The van der Waals surface area contributed by atoms with Crippen LogP contribution in [0.4, 0.5) is 4.39 Å². The van der Waals surface area contributed by atoms with Crippen LogP contribution in [0.5, 0.6) is 0 Å². The number of halogens is 1. The Labute approximate surface area is 112 Å². The maximum absolute atomic E-state index is 14.1. The Balaban J connectivity index is 2.47. The molecule has 4 heteroatoms. The van der Waals surface area contributed by atoms with Crippen LogP contribution in [-0.2, 0) is 9.59 Å². The molecule has 1 heterocycles. The zero-order chi connectivity index (χ0) is 14.2. The number of piperidine rings is 1. The molecule has 102 valence electrons. The van der Waals surface area contributed by atoms with Crippen LogP contribution in [-0.4, -0.2) is 11.8 Å². The summed E-state index contributed by atoms with van der Waals surface area (Å²) in [5.41, 5.74) is 2.31. The second-order valence-corrected chi connectivity index (χ2v) is 5.33. The van der Waals surface area contributed by atoms with Crippen LogP contribution in [0.2, 0.25) is 0 Å². The molecule has 0 saturated carbocycles. The summed E-state index contributed by atoms with van der Waals surface area (Å²) < 4.78 is 14.1. The van der Waals surface area contributed by atoms with E-state index in [2.05, 4.69) is 5.32 Å². The summed E-state index contributed by atoms with van der Waals surface area (Å²) in [5, 5.41) is 2.29. The van der Waals surface area contributed by atoms with Crippen molar-refractivity contribution in [3.05, 3.63) is 34.6 Å². The van der Waals surface area contributed by atoms with Crippen molar-refractivity contribution in [2.75, 3.05) is 0 Å². The quantitative estimate of drug-likeness (QED) is 0.834. The Morgan fingerprint density at radius 3 is 2.58 bits per heavy atom. The van der Waals surface area contributed by atoms with Gasteiger partial charge in [-0.25, -0.2) is 4.39 Å². The van der Waals surface area contributed by atoms with E-state index in [0.29, 0.717) is 12.0 Å². The second kappa shape index (κ2) is 5.11. The average molecular weight is 263 g/mol. The summed E-state index contributed by atoms with van der Waals surface area (Å²) in [6.45, 7) is 5.92. The molecule has 1 aliphatic rings. The minimum atomic E-state index is -0.559. The summed E-state index contributed by atoms with van der Waals surface area (Å²) in [6.07, 6.45) is 0.644. The summed E-state index contributed by atoms with van der Waals surface area (Å²) in [7, 11) is 0. The van der Waals surface area contributed by atoms with Gasteiger partial charge in [0.15, 0.2) is 0 Å². The van der Waals surface area contributed by atoms with Gasteiger partial charge < -0.3 is 0 Å². The number of rotatable bonds is 2. The maximum Gasteiger partial charge on any atom is 0.234 e. The van der Waals surface area contributed by atoms with Crippen molar-refractivity contribution in [2.24, 2.45) is 0 Å². The first-order valence-electron chi connectivity index (χ1n) is 6.54. The van der Waals surface area contributed by atoms with Crippen molar-refractivity contribution in [3.63, 3.8) is 0 Å². The van der Waals surface area contributed by atoms with E-state index in [4.69, 9.17) is 0 Å². The molecule has 1 aromatic rings. The van der Waals surface area contributed by atoms with E-state index in [-0.39, 0.29) is 30.0 Å². The van der Waals surface area contributed by atoms with Crippen LogP contribution < -0.4 is 5.32 Å². The minimum absolute atomic E-state index is 0.265. The van der Waals surface area contributed by atoms with Crippen LogP contribution in [0.25, 0.3) is 0 Å². The molecule has 1 saturated heterocycles. The third kappa shape index (κ3) is 2.53. The zero-order valence-electron chi connectivity index (χ0n) is 11.4. The molecule has 1 fully saturated rings. The predicted octanol–water partition coefficient (Wildman–Crippen LogP) is 2.78. The Morgan fingerprint density at radius 1 is 1.32 bits per heavy atom. The number of hydrogen-bond donors (Lipinski definition) is 1. The zero-order valence-corrected chi connectivity index (χ0v) is 11.4. The predicted molar refractivity (Wildman–Crippen MR) is 70.4 cm³/mol. The van der Waals surface area contributed by atoms with E-state index >= 15 is 0 Å². The van der Waals surface area contributed by atoms with Crippen molar-refractivity contribution >= 4 is 11.8 Å². The standard InChI is InChI=1S/C15H18FNO2/c1-8(2)10-4-6-12(16)14(9(10)3)11-5-7-13(18)17-15(11)19/h4,6,8,11H,5,7H2,1-3H3,(H,17,18,19)/t11-/m0/s1. The molecule has 0 aromatic heterocycles. The van der Waals surface area contributed by atoms with E-state index in [1.165, 1.54) is 6.07 Å². The highest BCUT2D eigenvalue weighted by molar-refractivity contribution is 6.01. The number of carbonyl (C=O) groups is 2. The van der Waals surface area contributed by atoms with Crippen LogP contribution >= 0.6 is 0 Å². The molecule has 0 aliphatic carbocycles. The number of carbonyl (C=O) groups excluding carboxylic acids is 2. The minimum Gasteiger partial charge on any atom is -0.296 e. The first kappa shape index (κ1) is 13.7. The van der Waals surface area contributed by atoms with Gasteiger partial charge in [-0.2, -0.15) is 0 Å². The first-order chi connectivity index (χ1) is 8.91. The number of amides is 2. The number of nitrogens with one attached hydrogen (secondary N) is 1. The topological polar surface area (TPSA) is 46.2 Å². The Kier molecular flexibility index (Phi) is 3.69. The number of hydrogen-bond acceptors (Lipinski definition) is 2. The lowest BCUT2D eigenvalue weighted by atomic mass is 9.84. The van der Waals surface area contributed by atoms with Gasteiger partial charge in [-0.05, 0) is 36.5 Å². The maximum atomic E-state index is 14.1. The Hall–Kier alpha value is -1.71. The normalized spacial score (nSPS) is 19.7. The molecule has 1 atom stereocenters. The van der Waals surface area contributed by atoms with Gasteiger partial charge in [0.25, 0.3) is 0 Å². The van der Waals surface area contributed by atoms with Gasteiger partial charge >= 0.3 is 0 Å². The van der Waals surface area contributed by atoms with E-state index in [9.17, 15) is 14.0 Å². The molecule has 1 aromatic carbocycles. The number of imide groups is 1. The van der Waals surface area contributed by atoms with Gasteiger partial charge in [-0.15, -0.1) is 0 Å². The van der Waals surface area contributed by atoms with Crippen molar-refractivity contribution < 1.29 is 14.0 Å². The van der Waals surface area contributed by atoms with Gasteiger partial charge in [0, 0.05) is 12.0 Å². The highest BCUT2D eigenvalue weighted by Gasteiger charge is 2.31. The van der Waals surface area contributed by atoms with Crippen molar-refractivity contribution in [1.29, 1.82) is 0 Å². The summed E-state index contributed by atoms with van der Waals surface area (Å²) >= 11 is 0. The van der Waals surface area contributed by atoms with Gasteiger partial charge in [-0.1, -0.05) is 19.9 Å². The van der Waals surface area contributed by atoms with Gasteiger partial charge in [0.1, 0.15) is 5.82 Å². The van der Waals surface area contributed by atoms with E-state index in [1.807, 2.05) is 20.8 Å². The molecular weight excluding hydrogens is 245 g/mol. The van der Waals surface area contributed by atoms with E-state index in [1.54, 1.807) is 6.07 Å². The molecule has 2 amide bonds. The SMILES string of the molecule is Cc1c(C(C)C)ccc(F)c1[C@@H]1CCC(=O)NC1=O. The van der Waals surface area contributed by atoms with Crippen LogP contribution in [0.3, 0.4) is 0 Å². The molecule has 1 aliphatic heterocycles. The Morgan fingerprint density at radius 2 is 2.00 bits per heavy atom. The molecule has 19 heavy (non-hydrogen) atoms. The van der Waals surface area contributed by atoms with Gasteiger partial charge in [-0.3, -0.25) is 14.9 Å². The van der Waals surface area contributed by atoms with Gasteiger partial charge in [0.05, 0.1) is 5.92 Å². The molecule has 3 nitrogen and oxygen atoms in total. The average Bonchev–Trinajstić information content (AvgIpc) is 2.31. The lowest BCUT2D eigenvalue weighted by molar-refractivity contribution is -0.134. The fourth-order valence-electron chi connectivity index (χ4n) is 2.73. The largest absolute Gasteiger partial charge is 0.296 e. The highest BCUT2D eigenvalue weighted by atomic mass is 19.1. The smallest absolute Gasteiger partial charge is 0.234 e. The van der Waals surface area contributed by atoms with Crippen LogP contribution in [0.1, 0.15) is 55.2 Å². The molecule has 0 bridgehead atoms. The molecule has 0 unspecified atom stereocenters. The highest BCUT2D eigenvalue weighted by Crippen LogP contribution is 2.33. The molecule has 2 rings (SSSR count). The third-order valence-corrected chi connectivity index (χ3v) is 3.71. The summed E-state index contributed by atoms with van der Waals surface area (Å²) in [6, 6.07) is 3.19. The fraction of sp³-hybridized carbons (Fsp3) is 0.467. The summed E-state index contributed by atoms with van der Waals surface area (Å²) in [5.74, 6) is -1.32. The van der Waals surface area contributed by atoms with E-state index < -0.39 is 5.92 Å². The fourth-order valence-corrected chi connectivity index (χ4v) is 2.73. The van der Waals surface area contributed by atoms with E-state index in [0.717, 1.165) is 11.1 Å². The molecule has 0 radical (unpaired) electrons. The lowest BCUT2D eigenvalue weighted by Gasteiger charge is -2.25.